The number of ether oxygens (including phenoxy) is 4. The first-order valence-electron chi connectivity index (χ1n) is 11.0. The minimum absolute atomic E-state index is 0.211. The van der Waals surface area contributed by atoms with E-state index in [4.69, 9.17) is 18.9 Å². The van der Waals surface area contributed by atoms with Crippen LogP contribution in [0.15, 0.2) is 91.0 Å². The van der Waals surface area contributed by atoms with E-state index < -0.39 is 47.0 Å². The summed E-state index contributed by atoms with van der Waals surface area (Å²) in [5.74, 6) is -2.83. The maximum atomic E-state index is 13.0. The molecule has 0 aliphatic carbocycles. The van der Waals surface area contributed by atoms with Crippen molar-refractivity contribution in [3.63, 3.8) is 0 Å². The molecule has 4 rings (SSSR count). The first-order valence-corrected chi connectivity index (χ1v) is 11.9. The van der Waals surface area contributed by atoms with Gasteiger partial charge >= 0.3 is 17.9 Å². The Hall–Kier alpha value is -3.82. The summed E-state index contributed by atoms with van der Waals surface area (Å²) < 4.78 is 22.2. The molecule has 9 heteroatoms. The van der Waals surface area contributed by atoms with Gasteiger partial charge in [0.1, 0.15) is 12.7 Å². The predicted octanol–water partition coefficient (Wildman–Crippen LogP) is 3.98. The van der Waals surface area contributed by atoms with Crippen molar-refractivity contribution in [1.82, 2.24) is 0 Å². The summed E-state index contributed by atoms with van der Waals surface area (Å²) in [5, 5.41) is -1.18. The Morgan fingerprint density at radius 3 is 1.64 bits per heavy atom. The molecule has 1 fully saturated rings. The fourth-order valence-electron chi connectivity index (χ4n) is 3.52. The topological polar surface area (TPSA) is 105 Å². The molecule has 0 spiro atoms. The number of benzene rings is 3. The van der Waals surface area contributed by atoms with E-state index in [9.17, 15) is 19.2 Å². The Labute approximate surface area is 215 Å². The van der Waals surface area contributed by atoms with Gasteiger partial charge in [0.05, 0.1) is 16.7 Å². The van der Waals surface area contributed by atoms with E-state index in [1.54, 1.807) is 66.7 Å². The maximum Gasteiger partial charge on any atom is 0.338 e. The van der Waals surface area contributed by atoms with Crippen LogP contribution >= 0.6 is 15.9 Å². The lowest BCUT2D eigenvalue weighted by Crippen LogP contribution is -2.58. The highest BCUT2D eigenvalue weighted by Gasteiger charge is 2.49. The summed E-state index contributed by atoms with van der Waals surface area (Å²) in [5.41, 5.74) is 0.742. The van der Waals surface area contributed by atoms with Crippen molar-refractivity contribution in [1.29, 1.82) is 0 Å². The Balaban J connectivity index is 1.58. The Bertz CT molecular complexity index is 1220. The number of carbonyl (C=O) groups is 4. The van der Waals surface area contributed by atoms with E-state index >= 15 is 0 Å². The van der Waals surface area contributed by atoms with Crippen LogP contribution in [-0.4, -0.2) is 53.6 Å². The molecule has 8 nitrogen and oxygen atoms in total. The molecule has 0 saturated carbocycles. The van der Waals surface area contributed by atoms with Crippen LogP contribution in [0.25, 0.3) is 0 Å². The molecule has 3 aromatic carbocycles. The number of hydrogen-bond acceptors (Lipinski definition) is 8. The van der Waals surface area contributed by atoms with Gasteiger partial charge in [-0.15, -0.1) is 0 Å². The monoisotopic (exact) mass is 552 g/mol. The lowest BCUT2D eigenvalue weighted by atomic mass is 10.0. The molecule has 4 atom stereocenters. The number of rotatable bonds is 7. The third-order valence-corrected chi connectivity index (χ3v) is 6.01. The molecule has 1 aliphatic rings. The fraction of sp³-hybridized carbons (Fsp3) is 0.185. The molecule has 0 aromatic heterocycles. The van der Waals surface area contributed by atoms with Gasteiger partial charge in [0, 0.05) is 0 Å². The van der Waals surface area contributed by atoms with Gasteiger partial charge in [-0.05, 0) is 52.3 Å². The second kappa shape index (κ2) is 11.7. The van der Waals surface area contributed by atoms with Crippen molar-refractivity contribution in [3.8, 4) is 0 Å². The van der Waals surface area contributed by atoms with Crippen molar-refractivity contribution in [2.24, 2.45) is 0 Å². The summed E-state index contributed by atoms with van der Waals surface area (Å²) in [4.78, 5) is 51.1. The number of alkyl halides is 1. The van der Waals surface area contributed by atoms with Crippen LogP contribution in [0.5, 0.6) is 0 Å². The standard InChI is InChI=1S/C27H21BrO8/c28-24-21(29)23(36-27(32)19-14-8-3-9-15-19)22(35-26(31)18-12-6-2-7-13-18)20(34-24)16-33-25(30)17-10-4-1-5-11-17/h1-15,20,22-24H,16H2. The first-order chi connectivity index (χ1) is 17.4. The van der Waals surface area contributed by atoms with Crippen LogP contribution in [0.3, 0.4) is 0 Å². The molecule has 184 valence electrons. The van der Waals surface area contributed by atoms with E-state index in [0.717, 1.165) is 0 Å². The van der Waals surface area contributed by atoms with E-state index in [-0.39, 0.29) is 17.7 Å². The largest absolute Gasteiger partial charge is 0.459 e. The van der Waals surface area contributed by atoms with E-state index in [2.05, 4.69) is 15.9 Å². The molecule has 36 heavy (non-hydrogen) atoms. The normalized spacial score (nSPS) is 21.3. The summed E-state index contributed by atoms with van der Waals surface area (Å²) in [6.07, 6.45) is -4.00. The summed E-state index contributed by atoms with van der Waals surface area (Å²) in [7, 11) is 0. The minimum Gasteiger partial charge on any atom is -0.459 e. The van der Waals surface area contributed by atoms with Crippen LogP contribution in [-0.2, 0) is 23.7 Å². The average Bonchev–Trinajstić information content (AvgIpc) is 2.92. The zero-order valence-corrected chi connectivity index (χ0v) is 20.4. The van der Waals surface area contributed by atoms with Crippen LogP contribution < -0.4 is 0 Å². The van der Waals surface area contributed by atoms with Crippen LogP contribution in [0.1, 0.15) is 31.1 Å². The van der Waals surface area contributed by atoms with Crippen molar-refractivity contribution in [2.75, 3.05) is 6.61 Å². The minimum atomic E-state index is -1.51. The molecule has 1 aliphatic heterocycles. The van der Waals surface area contributed by atoms with Crippen LogP contribution in [0.2, 0.25) is 0 Å². The molecule has 0 radical (unpaired) electrons. The summed E-state index contributed by atoms with van der Waals surface area (Å²) in [6.45, 7) is -0.366. The number of halogens is 1. The Morgan fingerprint density at radius 1 is 0.694 bits per heavy atom. The SMILES string of the molecule is O=C(OCC1OC(Br)C(=O)C(OC(=O)c2ccccc2)C1OC(=O)c1ccccc1)c1ccccc1. The van der Waals surface area contributed by atoms with Gasteiger partial charge in [0.2, 0.25) is 11.9 Å². The molecule has 1 heterocycles. The Kier molecular flexibility index (Phi) is 8.24. The molecule has 3 aromatic rings. The number of hydrogen-bond donors (Lipinski definition) is 0. The smallest absolute Gasteiger partial charge is 0.338 e. The van der Waals surface area contributed by atoms with Gasteiger partial charge in [0.15, 0.2) is 11.1 Å². The van der Waals surface area contributed by atoms with Crippen molar-refractivity contribution >= 4 is 39.6 Å². The van der Waals surface area contributed by atoms with Crippen molar-refractivity contribution in [2.45, 2.75) is 23.3 Å². The average molecular weight is 553 g/mol. The number of Topliss-reactive ketones (excluding diaryl/α,β-unsaturated/α-hetero) is 1. The number of esters is 3. The lowest BCUT2D eigenvalue weighted by molar-refractivity contribution is -0.176. The Morgan fingerprint density at radius 2 is 1.14 bits per heavy atom. The predicted molar refractivity (Wildman–Crippen MR) is 131 cm³/mol. The highest BCUT2D eigenvalue weighted by atomic mass is 79.9. The maximum absolute atomic E-state index is 13.0. The van der Waals surface area contributed by atoms with Gasteiger partial charge in [-0.2, -0.15) is 0 Å². The van der Waals surface area contributed by atoms with E-state index in [1.165, 1.54) is 24.3 Å². The second-order valence-electron chi connectivity index (χ2n) is 7.79. The number of ketones is 1. The highest BCUT2D eigenvalue weighted by molar-refractivity contribution is 9.09. The molecular formula is C27H21BrO8. The van der Waals surface area contributed by atoms with Gasteiger partial charge in [-0.1, -0.05) is 54.6 Å². The zero-order chi connectivity index (χ0) is 25.5. The molecule has 1 saturated heterocycles. The quantitative estimate of drug-likeness (QED) is 0.246. The summed E-state index contributed by atoms with van der Waals surface area (Å²) >= 11 is 3.13. The zero-order valence-electron chi connectivity index (χ0n) is 18.8. The molecule has 4 unspecified atom stereocenters. The molecule has 0 amide bonds. The lowest BCUT2D eigenvalue weighted by Gasteiger charge is -2.37. The second-order valence-corrected chi connectivity index (χ2v) is 8.62. The van der Waals surface area contributed by atoms with Crippen molar-refractivity contribution in [3.05, 3.63) is 108 Å². The molecule has 0 N–H and O–H groups in total. The van der Waals surface area contributed by atoms with Gasteiger partial charge in [-0.25, -0.2) is 14.4 Å². The van der Waals surface area contributed by atoms with Gasteiger partial charge < -0.3 is 18.9 Å². The molecule has 0 bridgehead atoms. The van der Waals surface area contributed by atoms with Crippen molar-refractivity contribution < 1.29 is 38.1 Å². The third kappa shape index (κ3) is 6.05. The number of carbonyl (C=O) groups excluding carboxylic acids is 4. The summed E-state index contributed by atoms with van der Waals surface area (Å²) in [6, 6.07) is 24.5. The highest BCUT2D eigenvalue weighted by Crippen LogP contribution is 2.28. The third-order valence-electron chi connectivity index (χ3n) is 5.35. The van der Waals surface area contributed by atoms with Crippen LogP contribution in [0, 0.1) is 0 Å². The fourth-order valence-corrected chi connectivity index (χ4v) is 4.06. The molecular weight excluding hydrogens is 532 g/mol. The van der Waals surface area contributed by atoms with Gasteiger partial charge in [0.25, 0.3) is 0 Å². The van der Waals surface area contributed by atoms with Crippen LogP contribution in [0.4, 0.5) is 0 Å². The van der Waals surface area contributed by atoms with E-state index in [1.807, 2.05) is 0 Å². The van der Waals surface area contributed by atoms with Gasteiger partial charge in [-0.3, -0.25) is 4.79 Å². The van der Waals surface area contributed by atoms with E-state index in [0.29, 0.717) is 5.56 Å². The first kappa shape index (κ1) is 25.3.